The highest BCUT2D eigenvalue weighted by Crippen LogP contribution is 2.23. The van der Waals surface area contributed by atoms with E-state index in [4.69, 9.17) is 16.3 Å². The van der Waals surface area contributed by atoms with Crippen LogP contribution in [0.1, 0.15) is 21.5 Å². The highest BCUT2D eigenvalue weighted by Gasteiger charge is 2.19. The Morgan fingerprint density at radius 3 is 2.45 bits per heavy atom. The summed E-state index contributed by atoms with van der Waals surface area (Å²) in [5.74, 6) is -0.977. The first kappa shape index (κ1) is 23.5. The van der Waals surface area contributed by atoms with Crippen LogP contribution in [0.15, 0.2) is 72.4 Å². The van der Waals surface area contributed by atoms with E-state index in [9.17, 15) is 19.7 Å². The Bertz CT molecular complexity index is 1240. The summed E-state index contributed by atoms with van der Waals surface area (Å²) in [5.41, 5.74) is 1.74. The molecule has 3 aromatic rings. The van der Waals surface area contributed by atoms with Crippen molar-refractivity contribution in [2.45, 2.75) is 6.92 Å². The molecule has 0 bridgehead atoms. The van der Waals surface area contributed by atoms with E-state index < -0.39 is 16.7 Å². The van der Waals surface area contributed by atoms with Gasteiger partial charge in [-0.1, -0.05) is 41.4 Å². The Morgan fingerprint density at radius 1 is 1.06 bits per heavy atom. The third kappa shape index (κ3) is 6.18. The number of aryl methyl sites for hydroxylation is 1. The molecule has 0 unspecified atom stereocenters. The number of hydrogen-bond acceptors (Lipinski definition) is 5. The number of nitrogens with zero attached hydrogens (tertiary/aromatic N) is 1. The van der Waals surface area contributed by atoms with Crippen molar-refractivity contribution < 1.29 is 19.2 Å². The smallest absolute Gasteiger partial charge is 0.272 e. The van der Waals surface area contributed by atoms with Gasteiger partial charge in [-0.15, -0.1) is 0 Å². The summed E-state index contributed by atoms with van der Waals surface area (Å²) in [4.78, 5) is 36.6. The second-order valence-corrected chi connectivity index (χ2v) is 7.47. The molecule has 0 aliphatic rings. The van der Waals surface area contributed by atoms with E-state index in [0.29, 0.717) is 16.3 Å². The van der Waals surface area contributed by atoms with Gasteiger partial charge in [0, 0.05) is 22.8 Å². The molecule has 3 aromatic carbocycles. The molecule has 0 saturated carbocycles. The predicted molar refractivity (Wildman–Crippen MR) is 126 cm³/mol. The van der Waals surface area contributed by atoms with Gasteiger partial charge in [0.05, 0.1) is 17.6 Å². The molecule has 0 aromatic heterocycles. The van der Waals surface area contributed by atoms with Gasteiger partial charge in [-0.3, -0.25) is 19.7 Å². The number of nitrogens with one attached hydrogen (secondary N) is 2. The Balaban J connectivity index is 1.97. The Hall–Kier alpha value is -4.17. The molecule has 0 aliphatic heterocycles. The number of nitro benzene ring substituents is 1. The molecule has 9 heteroatoms. The van der Waals surface area contributed by atoms with Gasteiger partial charge >= 0.3 is 0 Å². The maximum absolute atomic E-state index is 13.0. The molecule has 2 N–H and O–H groups in total. The maximum Gasteiger partial charge on any atom is 0.272 e. The Labute approximate surface area is 195 Å². The van der Waals surface area contributed by atoms with Crippen LogP contribution in [0, 0.1) is 17.0 Å². The first-order valence-electron chi connectivity index (χ1n) is 9.76. The van der Waals surface area contributed by atoms with Crippen LogP contribution in [-0.4, -0.2) is 23.8 Å². The van der Waals surface area contributed by atoms with E-state index in [0.717, 1.165) is 5.56 Å². The predicted octanol–water partition coefficient (Wildman–Crippen LogP) is 4.97. The van der Waals surface area contributed by atoms with E-state index >= 15 is 0 Å². The summed E-state index contributed by atoms with van der Waals surface area (Å²) >= 11 is 6.02. The fourth-order valence-electron chi connectivity index (χ4n) is 2.94. The minimum absolute atomic E-state index is 0.122. The number of amides is 2. The molecule has 2 amide bonds. The molecular formula is C24H20ClN3O5. The van der Waals surface area contributed by atoms with Crippen molar-refractivity contribution in [3.8, 4) is 5.75 Å². The third-order valence-corrected chi connectivity index (χ3v) is 4.84. The van der Waals surface area contributed by atoms with Crippen LogP contribution in [0.3, 0.4) is 0 Å². The van der Waals surface area contributed by atoms with Crippen molar-refractivity contribution >= 4 is 40.9 Å². The maximum atomic E-state index is 13.0. The molecule has 0 atom stereocenters. The van der Waals surface area contributed by atoms with Crippen LogP contribution in [0.2, 0.25) is 5.02 Å². The van der Waals surface area contributed by atoms with E-state index in [2.05, 4.69) is 10.6 Å². The fourth-order valence-corrected chi connectivity index (χ4v) is 3.11. The monoisotopic (exact) mass is 465 g/mol. The van der Waals surface area contributed by atoms with Crippen molar-refractivity contribution in [1.29, 1.82) is 0 Å². The lowest BCUT2D eigenvalue weighted by Gasteiger charge is -2.13. The van der Waals surface area contributed by atoms with Crippen molar-refractivity contribution in [2.75, 3.05) is 12.4 Å². The number of anilines is 1. The SMILES string of the molecule is COc1ccc(Cl)cc1C(=O)NC(=Cc1cccc([N+](=O)[O-])c1)C(=O)Nc1ccc(C)cc1. The van der Waals surface area contributed by atoms with Crippen LogP contribution >= 0.6 is 11.6 Å². The van der Waals surface area contributed by atoms with Crippen LogP contribution in [0.25, 0.3) is 6.08 Å². The quantitative estimate of drug-likeness (QED) is 0.290. The summed E-state index contributed by atoms with van der Waals surface area (Å²) in [6, 6.07) is 17.3. The molecule has 0 saturated heterocycles. The van der Waals surface area contributed by atoms with Gasteiger partial charge in [-0.25, -0.2) is 0 Å². The number of hydrogen-bond donors (Lipinski definition) is 2. The number of benzene rings is 3. The van der Waals surface area contributed by atoms with Gasteiger partial charge in [0.25, 0.3) is 17.5 Å². The zero-order chi connectivity index (χ0) is 24.0. The van der Waals surface area contributed by atoms with E-state index in [1.807, 2.05) is 19.1 Å². The van der Waals surface area contributed by atoms with E-state index in [-0.39, 0.29) is 22.7 Å². The summed E-state index contributed by atoms with van der Waals surface area (Å²) in [7, 11) is 1.41. The number of methoxy groups -OCH3 is 1. The fraction of sp³-hybridized carbons (Fsp3) is 0.0833. The first-order valence-corrected chi connectivity index (χ1v) is 10.1. The number of halogens is 1. The van der Waals surface area contributed by atoms with Crippen molar-refractivity contribution in [1.82, 2.24) is 5.32 Å². The Kier molecular flexibility index (Phi) is 7.42. The van der Waals surface area contributed by atoms with Crippen LogP contribution in [0.5, 0.6) is 5.75 Å². The number of ether oxygens (including phenoxy) is 1. The number of carbonyl (C=O) groups excluding carboxylic acids is 2. The van der Waals surface area contributed by atoms with Crippen molar-refractivity contribution in [3.63, 3.8) is 0 Å². The number of rotatable bonds is 7. The van der Waals surface area contributed by atoms with Gasteiger partial charge in [-0.05, 0) is 48.9 Å². The first-order chi connectivity index (χ1) is 15.8. The van der Waals surface area contributed by atoms with Crippen LogP contribution in [-0.2, 0) is 4.79 Å². The molecular weight excluding hydrogens is 446 g/mol. The molecule has 168 valence electrons. The minimum Gasteiger partial charge on any atom is -0.496 e. The van der Waals surface area contributed by atoms with E-state index in [1.54, 1.807) is 24.3 Å². The lowest BCUT2D eigenvalue weighted by Crippen LogP contribution is -2.31. The highest BCUT2D eigenvalue weighted by atomic mass is 35.5. The second-order valence-electron chi connectivity index (χ2n) is 7.03. The lowest BCUT2D eigenvalue weighted by atomic mass is 10.1. The molecule has 3 rings (SSSR count). The van der Waals surface area contributed by atoms with Crippen molar-refractivity contribution in [3.05, 3.63) is 104 Å². The minimum atomic E-state index is -0.634. The van der Waals surface area contributed by atoms with Gasteiger partial charge in [0.15, 0.2) is 0 Å². The molecule has 0 spiro atoms. The number of nitro groups is 1. The van der Waals surface area contributed by atoms with Crippen LogP contribution in [0.4, 0.5) is 11.4 Å². The molecule has 0 fully saturated rings. The third-order valence-electron chi connectivity index (χ3n) is 4.60. The molecule has 0 radical (unpaired) electrons. The standard InChI is InChI=1S/C24H20ClN3O5/c1-15-6-9-18(10-7-15)26-24(30)21(13-16-4-3-5-19(12-16)28(31)32)27-23(29)20-14-17(25)8-11-22(20)33-2/h3-14H,1-2H3,(H,26,30)(H,27,29). The normalized spacial score (nSPS) is 10.9. The van der Waals surface area contributed by atoms with Gasteiger partial charge in [0.1, 0.15) is 11.4 Å². The molecule has 0 heterocycles. The molecule has 8 nitrogen and oxygen atoms in total. The van der Waals surface area contributed by atoms with Gasteiger partial charge < -0.3 is 15.4 Å². The summed E-state index contributed by atoms with van der Waals surface area (Å²) in [6.45, 7) is 1.91. The summed E-state index contributed by atoms with van der Waals surface area (Å²) < 4.78 is 5.22. The zero-order valence-corrected chi connectivity index (χ0v) is 18.6. The zero-order valence-electron chi connectivity index (χ0n) is 17.8. The van der Waals surface area contributed by atoms with Gasteiger partial charge in [-0.2, -0.15) is 0 Å². The van der Waals surface area contributed by atoms with Gasteiger partial charge in [0.2, 0.25) is 0 Å². The molecule has 0 aliphatic carbocycles. The average molecular weight is 466 g/mol. The largest absolute Gasteiger partial charge is 0.496 e. The Morgan fingerprint density at radius 2 is 1.79 bits per heavy atom. The highest BCUT2D eigenvalue weighted by molar-refractivity contribution is 6.31. The molecule has 33 heavy (non-hydrogen) atoms. The van der Waals surface area contributed by atoms with Crippen molar-refractivity contribution in [2.24, 2.45) is 0 Å². The lowest BCUT2D eigenvalue weighted by molar-refractivity contribution is -0.384. The second kappa shape index (κ2) is 10.4. The van der Waals surface area contributed by atoms with Crippen LogP contribution < -0.4 is 15.4 Å². The number of carbonyl (C=O) groups is 2. The summed E-state index contributed by atoms with van der Waals surface area (Å²) in [5, 5.41) is 16.7. The summed E-state index contributed by atoms with van der Waals surface area (Å²) in [6.07, 6.45) is 1.35. The average Bonchev–Trinajstić information content (AvgIpc) is 2.80. The van der Waals surface area contributed by atoms with E-state index in [1.165, 1.54) is 43.5 Å². The topological polar surface area (TPSA) is 111 Å². The number of non-ortho nitro benzene ring substituents is 1.